The molecule has 0 spiro atoms. The molecule has 1 aliphatic rings. The fourth-order valence-electron chi connectivity index (χ4n) is 2.76. The minimum absolute atomic E-state index is 0.0360. The second-order valence-corrected chi connectivity index (χ2v) is 9.49. The number of ether oxygens (including phenoxy) is 1. The van der Waals surface area contributed by atoms with E-state index in [0.717, 1.165) is 0 Å². The van der Waals surface area contributed by atoms with Gasteiger partial charge in [0.1, 0.15) is 17.2 Å². The average Bonchev–Trinajstić information content (AvgIpc) is 2.21. The van der Waals surface area contributed by atoms with E-state index in [0.29, 0.717) is 17.7 Å². The molecule has 1 N–H and O–H groups in total. The van der Waals surface area contributed by atoms with Crippen LogP contribution in [-0.4, -0.2) is 19.8 Å². The number of hydrogen-bond donors (Lipinski definition) is 1. The predicted molar refractivity (Wildman–Crippen MR) is 84.8 cm³/mol. The molecule has 1 aliphatic heterocycles. The normalized spacial score (nSPS) is 21.1. The summed E-state index contributed by atoms with van der Waals surface area (Å²) in [5.41, 5.74) is -0.216. The molecule has 0 saturated carbocycles. The lowest BCUT2D eigenvalue weighted by Crippen LogP contribution is -2.43. The van der Waals surface area contributed by atoms with E-state index < -0.39 is 27.5 Å². The monoisotopic (exact) mass is 329 g/mol. The molecule has 0 aliphatic carbocycles. The average molecular weight is 329 g/mol. The van der Waals surface area contributed by atoms with Crippen LogP contribution in [0.2, 0.25) is 0 Å². The fourth-order valence-corrected chi connectivity index (χ4v) is 4.63. The van der Waals surface area contributed by atoms with Crippen molar-refractivity contribution in [3.05, 3.63) is 29.6 Å². The minimum Gasteiger partial charge on any atom is -0.487 e. The number of benzene rings is 1. The number of nitrogens with one attached hydrogen (secondary N) is 1. The molecule has 6 heteroatoms. The van der Waals surface area contributed by atoms with Gasteiger partial charge in [-0.3, -0.25) is 0 Å². The van der Waals surface area contributed by atoms with Crippen molar-refractivity contribution in [1.82, 2.24) is 4.72 Å². The summed E-state index contributed by atoms with van der Waals surface area (Å²) in [6.45, 7) is 9.37. The van der Waals surface area contributed by atoms with Crippen molar-refractivity contribution in [2.75, 3.05) is 5.75 Å². The number of fused-ring (bicyclic) bond motifs is 1. The number of sulfonamides is 1. The summed E-state index contributed by atoms with van der Waals surface area (Å²) in [4.78, 5) is 0. The molecule has 1 aromatic carbocycles. The second-order valence-electron chi connectivity index (χ2n) is 7.74. The Morgan fingerprint density at radius 2 is 2.00 bits per heavy atom. The summed E-state index contributed by atoms with van der Waals surface area (Å²) in [7, 11) is -3.44. The van der Waals surface area contributed by atoms with Crippen molar-refractivity contribution >= 4 is 10.0 Å². The highest BCUT2D eigenvalue weighted by Gasteiger charge is 2.36. The van der Waals surface area contributed by atoms with Gasteiger partial charge in [0.05, 0.1) is 11.8 Å². The van der Waals surface area contributed by atoms with Crippen molar-refractivity contribution in [3.63, 3.8) is 0 Å². The van der Waals surface area contributed by atoms with Crippen LogP contribution in [0, 0.1) is 11.2 Å². The van der Waals surface area contributed by atoms with Crippen molar-refractivity contribution < 1.29 is 17.5 Å². The molecular weight excluding hydrogens is 305 g/mol. The number of hydrogen-bond acceptors (Lipinski definition) is 3. The molecule has 1 aromatic rings. The summed E-state index contributed by atoms with van der Waals surface area (Å²) in [6, 6.07) is 3.81. The van der Waals surface area contributed by atoms with Gasteiger partial charge in [-0.15, -0.1) is 0 Å². The van der Waals surface area contributed by atoms with Crippen LogP contribution < -0.4 is 9.46 Å². The zero-order chi connectivity index (χ0) is 16.8. The molecular formula is C16H24FNO3S. The smallest absolute Gasteiger partial charge is 0.212 e. The van der Waals surface area contributed by atoms with Gasteiger partial charge in [-0.25, -0.2) is 17.5 Å². The Hall–Kier alpha value is -1.14. The maximum Gasteiger partial charge on any atom is 0.212 e. The molecule has 1 unspecified atom stereocenters. The first kappa shape index (κ1) is 17.2. The third kappa shape index (κ3) is 4.43. The van der Waals surface area contributed by atoms with Crippen LogP contribution in [0.15, 0.2) is 18.2 Å². The van der Waals surface area contributed by atoms with Crippen LogP contribution in [0.25, 0.3) is 0 Å². The van der Waals surface area contributed by atoms with E-state index in [9.17, 15) is 12.8 Å². The third-order valence-electron chi connectivity index (χ3n) is 3.38. The van der Waals surface area contributed by atoms with Crippen molar-refractivity contribution in [2.24, 2.45) is 5.41 Å². The maximum atomic E-state index is 13.4. The molecule has 1 heterocycles. The standard InChI is InChI=1S/C16H24FNO3S/c1-15(2,3)10-22(19,20)18-13-9-16(4,5)21-14-8-11(17)6-7-12(13)14/h6-8,13,18H,9-10H2,1-5H3. The van der Waals surface area contributed by atoms with E-state index in [1.807, 2.05) is 34.6 Å². The molecule has 0 amide bonds. The van der Waals surface area contributed by atoms with Crippen molar-refractivity contribution in [2.45, 2.75) is 52.7 Å². The van der Waals surface area contributed by atoms with E-state index >= 15 is 0 Å². The van der Waals surface area contributed by atoms with Crippen LogP contribution in [0.5, 0.6) is 5.75 Å². The van der Waals surface area contributed by atoms with E-state index in [2.05, 4.69) is 4.72 Å². The summed E-state index contributed by atoms with van der Waals surface area (Å²) < 4.78 is 46.7. The van der Waals surface area contributed by atoms with Gasteiger partial charge in [0.15, 0.2) is 0 Å². The summed E-state index contributed by atoms with van der Waals surface area (Å²) in [5, 5.41) is 0. The van der Waals surface area contributed by atoms with E-state index in [1.54, 1.807) is 6.07 Å². The molecule has 22 heavy (non-hydrogen) atoms. The Kier molecular flexibility index (Phi) is 4.30. The largest absolute Gasteiger partial charge is 0.487 e. The Bertz CT molecular complexity index is 662. The van der Waals surface area contributed by atoms with Gasteiger partial charge in [0.2, 0.25) is 10.0 Å². The molecule has 2 rings (SSSR count). The first-order valence-corrected chi connectivity index (χ1v) is 9.01. The Balaban J connectivity index is 2.32. The highest BCUT2D eigenvalue weighted by Crippen LogP contribution is 2.40. The molecule has 0 radical (unpaired) electrons. The SMILES string of the molecule is CC(C)(C)CS(=O)(=O)NC1CC(C)(C)Oc2cc(F)ccc21. The van der Waals surface area contributed by atoms with Gasteiger partial charge < -0.3 is 4.74 Å². The van der Waals surface area contributed by atoms with Gasteiger partial charge in [0, 0.05) is 18.1 Å². The van der Waals surface area contributed by atoms with Gasteiger partial charge in [-0.05, 0) is 25.3 Å². The van der Waals surface area contributed by atoms with Gasteiger partial charge >= 0.3 is 0 Å². The molecule has 0 fully saturated rings. The Labute approximate surface area is 132 Å². The molecule has 124 valence electrons. The zero-order valence-electron chi connectivity index (χ0n) is 13.7. The lowest BCUT2D eigenvalue weighted by Gasteiger charge is -2.38. The van der Waals surface area contributed by atoms with E-state index in [-0.39, 0.29) is 11.2 Å². The molecule has 0 saturated heterocycles. The molecule has 0 aromatic heterocycles. The first-order valence-electron chi connectivity index (χ1n) is 7.35. The van der Waals surface area contributed by atoms with Crippen LogP contribution >= 0.6 is 0 Å². The lowest BCUT2D eigenvalue weighted by atomic mass is 9.90. The lowest BCUT2D eigenvalue weighted by molar-refractivity contribution is 0.0697. The van der Waals surface area contributed by atoms with Crippen LogP contribution in [0.4, 0.5) is 4.39 Å². The van der Waals surface area contributed by atoms with Crippen LogP contribution in [0.1, 0.15) is 52.6 Å². The minimum atomic E-state index is -3.44. The number of rotatable bonds is 3. The fraction of sp³-hybridized carbons (Fsp3) is 0.625. The maximum absolute atomic E-state index is 13.4. The predicted octanol–water partition coefficient (Wildman–Crippen LogP) is 3.39. The highest BCUT2D eigenvalue weighted by atomic mass is 32.2. The topological polar surface area (TPSA) is 55.4 Å². The first-order chi connectivity index (χ1) is 9.87. The third-order valence-corrected chi connectivity index (χ3v) is 5.27. The van der Waals surface area contributed by atoms with Gasteiger partial charge in [0.25, 0.3) is 0 Å². The van der Waals surface area contributed by atoms with Crippen molar-refractivity contribution in [3.8, 4) is 5.75 Å². The summed E-state index contributed by atoms with van der Waals surface area (Å²) in [6.07, 6.45) is 0.495. The van der Waals surface area contributed by atoms with Gasteiger partial charge in [-0.1, -0.05) is 26.8 Å². The Morgan fingerprint density at radius 1 is 1.36 bits per heavy atom. The second kappa shape index (κ2) is 5.49. The van der Waals surface area contributed by atoms with Crippen molar-refractivity contribution in [1.29, 1.82) is 0 Å². The van der Waals surface area contributed by atoms with E-state index in [1.165, 1.54) is 12.1 Å². The van der Waals surface area contributed by atoms with E-state index in [4.69, 9.17) is 4.74 Å². The van der Waals surface area contributed by atoms with Crippen LogP contribution in [-0.2, 0) is 10.0 Å². The summed E-state index contributed by atoms with van der Waals surface area (Å²) >= 11 is 0. The summed E-state index contributed by atoms with van der Waals surface area (Å²) in [5.74, 6) is 0.0429. The molecule has 1 atom stereocenters. The Morgan fingerprint density at radius 3 is 2.59 bits per heavy atom. The van der Waals surface area contributed by atoms with Gasteiger partial charge in [-0.2, -0.15) is 0 Å². The zero-order valence-corrected chi connectivity index (χ0v) is 14.6. The van der Waals surface area contributed by atoms with Crippen LogP contribution in [0.3, 0.4) is 0 Å². The quantitative estimate of drug-likeness (QED) is 0.925. The molecule has 4 nitrogen and oxygen atoms in total. The highest BCUT2D eigenvalue weighted by molar-refractivity contribution is 7.89. The number of halogens is 1. The molecule has 0 bridgehead atoms.